The Morgan fingerprint density at radius 3 is 2.19 bits per heavy atom. The molecular formula is C26H29Co3N5ORe. The third kappa shape index (κ3) is 12.4. The van der Waals surface area contributed by atoms with Crippen LogP contribution in [0.3, 0.4) is 0 Å². The second kappa shape index (κ2) is 19.9. The van der Waals surface area contributed by atoms with E-state index < -0.39 is 0 Å². The quantitative estimate of drug-likeness (QED) is 0.251. The van der Waals surface area contributed by atoms with Gasteiger partial charge < -0.3 is 10.1 Å². The molecule has 0 aromatic carbocycles. The van der Waals surface area contributed by atoms with Crippen molar-refractivity contribution in [2.75, 3.05) is 19.7 Å². The van der Waals surface area contributed by atoms with E-state index in [0.29, 0.717) is 12.6 Å². The van der Waals surface area contributed by atoms with Gasteiger partial charge >= 0.3 is 0 Å². The van der Waals surface area contributed by atoms with Crippen LogP contribution >= 0.6 is 0 Å². The normalized spacial score (nSPS) is 13.3. The fourth-order valence-corrected chi connectivity index (χ4v) is 3.46. The fraction of sp³-hybridized carbons (Fsp3) is 0.346. The molecule has 10 heteroatoms. The molecule has 0 amide bonds. The number of rotatable bonds is 10. The van der Waals surface area contributed by atoms with E-state index in [1.807, 2.05) is 42.7 Å². The smallest absolute Gasteiger partial charge is 0.138 e. The molecule has 0 unspecified atom stereocenters. The van der Waals surface area contributed by atoms with Crippen molar-refractivity contribution in [1.29, 1.82) is 0 Å². The molecule has 4 heterocycles. The molecule has 6 nitrogen and oxygen atoms in total. The predicted octanol–water partition coefficient (Wildman–Crippen LogP) is 3.44. The van der Waals surface area contributed by atoms with Crippen molar-refractivity contribution in [2.24, 2.45) is 0 Å². The minimum atomic E-state index is 0. The van der Waals surface area contributed by atoms with Gasteiger partial charge in [0.05, 0.1) is 17.6 Å². The van der Waals surface area contributed by atoms with Crippen molar-refractivity contribution in [2.45, 2.75) is 38.4 Å². The SMILES string of the molecule is C(#Cc1cncc(OC[C@@H]2CCN2)c1)CCCN(Cc1ccccn1)Cc1ccccn1.[Co].[Co].[Co].[Re]. The van der Waals surface area contributed by atoms with E-state index in [1.165, 1.54) is 6.42 Å². The van der Waals surface area contributed by atoms with Crippen molar-refractivity contribution < 1.29 is 75.5 Å². The third-order valence-electron chi connectivity index (χ3n) is 5.32. The van der Waals surface area contributed by atoms with E-state index in [0.717, 1.165) is 61.7 Å². The van der Waals surface area contributed by atoms with Crippen molar-refractivity contribution in [1.82, 2.24) is 25.2 Å². The van der Waals surface area contributed by atoms with Crippen LogP contribution in [-0.4, -0.2) is 45.6 Å². The Kier molecular flexibility index (Phi) is 19.3. The molecule has 1 fully saturated rings. The molecule has 3 aromatic rings. The zero-order valence-electron chi connectivity index (χ0n) is 19.7. The number of hydrogen-bond acceptors (Lipinski definition) is 6. The van der Waals surface area contributed by atoms with E-state index >= 15 is 0 Å². The number of nitrogens with one attached hydrogen (secondary N) is 1. The molecular weight excluding hydrogens is 761 g/mol. The zero-order valence-corrected chi connectivity index (χ0v) is 25.5. The van der Waals surface area contributed by atoms with Crippen LogP contribution in [0.1, 0.15) is 36.2 Å². The van der Waals surface area contributed by atoms with Crippen LogP contribution in [-0.2, 0) is 83.8 Å². The van der Waals surface area contributed by atoms with Gasteiger partial charge in [-0.25, -0.2) is 0 Å². The summed E-state index contributed by atoms with van der Waals surface area (Å²) >= 11 is 0. The van der Waals surface area contributed by atoms with Gasteiger partial charge in [0.25, 0.3) is 0 Å². The number of pyridine rings is 3. The average Bonchev–Trinajstić information content (AvgIpc) is 2.79. The standard InChI is InChI=1S/C26H29N5O.3Co.Re/c1(2-8-22-16-26(18-27-17-22)32-21-25-11-14-30-25)7-15-31(19-23-9-3-5-12-28-23)20-24-10-4-6-13-29-24;;;;/h3-6,9-10,12-13,16-18,25,30H,1,7,11,14-15,19-21H2;;;;/t25-;;;;/m0..../s1. The summed E-state index contributed by atoms with van der Waals surface area (Å²) in [6, 6.07) is 14.5. The second-order valence-electron chi connectivity index (χ2n) is 7.92. The molecule has 3 aromatic heterocycles. The molecule has 0 aliphatic carbocycles. The molecule has 1 aliphatic rings. The summed E-state index contributed by atoms with van der Waals surface area (Å²) in [6.07, 6.45) is 10.2. The van der Waals surface area contributed by atoms with Crippen LogP contribution in [0.15, 0.2) is 67.3 Å². The first-order chi connectivity index (χ1) is 15.8. The van der Waals surface area contributed by atoms with Crippen LogP contribution in [0.4, 0.5) is 0 Å². The van der Waals surface area contributed by atoms with Gasteiger partial charge in [-0.3, -0.25) is 19.9 Å². The van der Waals surface area contributed by atoms with Gasteiger partial charge in [0.15, 0.2) is 0 Å². The van der Waals surface area contributed by atoms with Crippen LogP contribution in [0, 0.1) is 11.8 Å². The molecule has 1 N–H and O–H groups in total. The van der Waals surface area contributed by atoms with Gasteiger partial charge in [-0.1, -0.05) is 24.0 Å². The first kappa shape index (κ1) is 34.9. The van der Waals surface area contributed by atoms with E-state index in [4.69, 9.17) is 4.74 Å². The Hall–Kier alpha value is -1.09. The predicted molar refractivity (Wildman–Crippen MR) is 125 cm³/mol. The summed E-state index contributed by atoms with van der Waals surface area (Å²) in [5, 5.41) is 3.33. The maximum Gasteiger partial charge on any atom is 0.138 e. The third-order valence-corrected chi connectivity index (χ3v) is 5.32. The maximum atomic E-state index is 5.81. The van der Waals surface area contributed by atoms with Crippen molar-refractivity contribution in [3.05, 3.63) is 84.2 Å². The largest absolute Gasteiger partial charge is 0.490 e. The molecule has 0 saturated carbocycles. The van der Waals surface area contributed by atoms with Crippen molar-refractivity contribution in [3.63, 3.8) is 0 Å². The molecule has 0 bridgehead atoms. The van der Waals surface area contributed by atoms with Gasteiger partial charge in [0.1, 0.15) is 12.4 Å². The fourth-order valence-electron chi connectivity index (χ4n) is 3.46. The summed E-state index contributed by atoms with van der Waals surface area (Å²) in [7, 11) is 0. The Labute approximate surface area is 258 Å². The van der Waals surface area contributed by atoms with Gasteiger partial charge in [0.2, 0.25) is 0 Å². The minimum absolute atomic E-state index is 0. The van der Waals surface area contributed by atoms with Crippen LogP contribution in [0.25, 0.3) is 0 Å². The molecule has 0 spiro atoms. The summed E-state index contributed by atoms with van der Waals surface area (Å²) in [4.78, 5) is 15.6. The van der Waals surface area contributed by atoms with Crippen LogP contribution < -0.4 is 10.1 Å². The van der Waals surface area contributed by atoms with E-state index in [9.17, 15) is 0 Å². The molecule has 1 aliphatic heterocycles. The maximum absolute atomic E-state index is 5.81. The van der Waals surface area contributed by atoms with Gasteiger partial charge in [-0.15, -0.1) is 0 Å². The Morgan fingerprint density at radius 2 is 1.64 bits per heavy atom. The first-order valence-electron chi connectivity index (χ1n) is 11.2. The van der Waals surface area contributed by atoms with Crippen molar-refractivity contribution in [3.8, 4) is 17.6 Å². The van der Waals surface area contributed by atoms with Crippen molar-refractivity contribution >= 4 is 0 Å². The molecule has 198 valence electrons. The number of unbranched alkanes of at least 4 members (excludes halogenated alkanes) is 1. The van der Waals surface area contributed by atoms with Gasteiger partial charge in [-0.05, 0) is 56.3 Å². The topological polar surface area (TPSA) is 63.2 Å². The number of nitrogens with zero attached hydrogens (tertiary/aromatic N) is 4. The molecule has 36 heavy (non-hydrogen) atoms. The second-order valence-corrected chi connectivity index (χ2v) is 7.92. The molecule has 4 rings (SSSR count). The average molecular weight is 791 g/mol. The number of aromatic nitrogens is 3. The Bertz CT molecular complexity index is 992. The summed E-state index contributed by atoms with van der Waals surface area (Å²) in [6.45, 7) is 4.28. The summed E-state index contributed by atoms with van der Waals surface area (Å²) in [5.74, 6) is 7.29. The zero-order chi connectivity index (χ0) is 21.8. The molecule has 1 atom stereocenters. The van der Waals surface area contributed by atoms with E-state index in [-0.39, 0.29) is 70.8 Å². The van der Waals surface area contributed by atoms with Gasteiger partial charge in [-0.2, -0.15) is 0 Å². The van der Waals surface area contributed by atoms with Crippen LogP contribution in [0.5, 0.6) is 5.75 Å². The monoisotopic (exact) mass is 791 g/mol. The minimum Gasteiger partial charge on any atom is -0.490 e. The summed E-state index contributed by atoms with van der Waals surface area (Å²) in [5.41, 5.74) is 3.02. The molecule has 1 saturated heterocycles. The first-order valence-corrected chi connectivity index (χ1v) is 11.2. The van der Waals surface area contributed by atoms with E-state index in [1.54, 1.807) is 12.4 Å². The Morgan fingerprint density at radius 1 is 0.972 bits per heavy atom. The number of hydrogen-bond donors (Lipinski definition) is 1. The van der Waals surface area contributed by atoms with Gasteiger partial charge in [0, 0.05) is 120 Å². The number of ether oxygens (including phenoxy) is 1. The Balaban J connectivity index is 0.00000306. The summed E-state index contributed by atoms with van der Waals surface area (Å²) < 4.78 is 5.81. The van der Waals surface area contributed by atoms with E-state index in [2.05, 4.69) is 49.1 Å². The molecule has 4 radical (unpaired) electrons. The van der Waals surface area contributed by atoms with Crippen LogP contribution in [0.2, 0.25) is 0 Å².